The molecule has 2 rings (SSSR count). The first-order valence-corrected chi connectivity index (χ1v) is 6.98. The molecule has 2 fully saturated rings. The van der Waals surface area contributed by atoms with E-state index >= 15 is 0 Å². The second-order valence-electron chi connectivity index (χ2n) is 5.67. The first kappa shape index (κ1) is 14.3. The third kappa shape index (κ3) is 4.18. The highest BCUT2D eigenvalue weighted by molar-refractivity contribution is 5.76. The van der Waals surface area contributed by atoms with Crippen molar-refractivity contribution in [3.8, 4) is 0 Å². The van der Waals surface area contributed by atoms with E-state index in [-0.39, 0.29) is 18.9 Å². The molecule has 0 aromatic carbocycles. The number of amides is 1. The van der Waals surface area contributed by atoms with E-state index in [0.717, 1.165) is 12.8 Å². The Labute approximate surface area is 112 Å². The summed E-state index contributed by atoms with van der Waals surface area (Å²) >= 11 is 0. The summed E-state index contributed by atoms with van der Waals surface area (Å²) in [6.45, 7) is 0.212. The number of fused-ring (bicyclic) bond motifs is 2. The van der Waals surface area contributed by atoms with Gasteiger partial charge in [-0.05, 0) is 31.6 Å². The molecule has 2 heterocycles. The predicted octanol–water partition coefficient (Wildman–Crippen LogP) is -0.141. The van der Waals surface area contributed by atoms with Gasteiger partial charge in [0, 0.05) is 31.5 Å². The highest BCUT2D eigenvalue weighted by Crippen LogP contribution is 2.32. The van der Waals surface area contributed by atoms with E-state index in [9.17, 15) is 9.59 Å². The molecule has 6 heteroatoms. The number of piperidine rings is 1. The fourth-order valence-electron chi connectivity index (χ4n) is 3.15. The van der Waals surface area contributed by atoms with Crippen molar-refractivity contribution in [3.05, 3.63) is 0 Å². The molecule has 0 radical (unpaired) electrons. The minimum atomic E-state index is -1.39. The SMILES string of the molecule is O=C(CC1CC2CCC(C1)N2)NCCC(O)C(=O)O. The molecular weight excluding hydrogens is 248 g/mol. The van der Waals surface area contributed by atoms with Gasteiger partial charge < -0.3 is 20.8 Å². The molecule has 0 aromatic heterocycles. The molecule has 2 aliphatic rings. The van der Waals surface area contributed by atoms with E-state index in [1.54, 1.807) is 0 Å². The Balaban J connectivity index is 1.63. The lowest BCUT2D eigenvalue weighted by atomic mass is 9.89. The van der Waals surface area contributed by atoms with E-state index in [1.165, 1.54) is 12.8 Å². The first-order valence-electron chi connectivity index (χ1n) is 6.98. The van der Waals surface area contributed by atoms with Gasteiger partial charge in [-0.15, -0.1) is 0 Å². The molecule has 0 saturated carbocycles. The molecule has 2 saturated heterocycles. The number of carboxylic acid groups (broad SMARTS) is 1. The Hall–Kier alpha value is -1.14. The Bertz CT molecular complexity index is 336. The van der Waals surface area contributed by atoms with Crippen molar-refractivity contribution < 1.29 is 19.8 Å². The van der Waals surface area contributed by atoms with Crippen molar-refractivity contribution in [2.24, 2.45) is 5.92 Å². The molecule has 1 amide bonds. The topological polar surface area (TPSA) is 98.7 Å². The highest BCUT2D eigenvalue weighted by atomic mass is 16.4. The van der Waals surface area contributed by atoms with Gasteiger partial charge in [-0.3, -0.25) is 4.79 Å². The van der Waals surface area contributed by atoms with Crippen LogP contribution in [0, 0.1) is 5.92 Å². The maximum atomic E-state index is 11.7. The summed E-state index contributed by atoms with van der Waals surface area (Å²) in [5.41, 5.74) is 0. The summed E-state index contributed by atoms with van der Waals surface area (Å²) in [6, 6.07) is 1.15. The lowest BCUT2D eigenvalue weighted by Gasteiger charge is -2.28. The van der Waals surface area contributed by atoms with Crippen molar-refractivity contribution in [2.75, 3.05) is 6.54 Å². The number of hydrogen-bond acceptors (Lipinski definition) is 4. The van der Waals surface area contributed by atoms with Crippen molar-refractivity contribution in [3.63, 3.8) is 0 Å². The number of nitrogens with one attached hydrogen (secondary N) is 2. The van der Waals surface area contributed by atoms with Gasteiger partial charge in [0.15, 0.2) is 6.10 Å². The molecule has 2 aliphatic heterocycles. The molecule has 0 spiro atoms. The lowest BCUT2D eigenvalue weighted by Crippen LogP contribution is -2.40. The zero-order valence-electron chi connectivity index (χ0n) is 11.0. The van der Waals surface area contributed by atoms with Crippen molar-refractivity contribution >= 4 is 11.9 Å². The summed E-state index contributed by atoms with van der Waals surface area (Å²) in [4.78, 5) is 22.1. The number of hydrogen-bond donors (Lipinski definition) is 4. The fraction of sp³-hybridized carbons (Fsp3) is 0.846. The van der Waals surface area contributed by atoms with Crippen molar-refractivity contribution in [1.82, 2.24) is 10.6 Å². The monoisotopic (exact) mass is 270 g/mol. The molecular formula is C13H22N2O4. The summed E-state index contributed by atoms with van der Waals surface area (Å²) in [5, 5.41) is 23.8. The average Bonchev–Trinajstić information content (AvgIpc) is 2.68. The summed E-state index contributed by atoms with van der Waals surface area (Å²) in [5.74, 6) is -0.851. The molecule has 19 heavy (non-hydrogen) atoms. The summed E-state index contributed by atoms with van der Waals surface area (Å²) in [6.07, 6.45) is 3.72. The van der Waals surface area contributed by atoms with Gasteiger partial charge in [0.05, 0.1) is 0 Å². The summed E-state index contributed by atoms with van der Waals surface area (Å²) in [7, 11) is 0. The van der Waals surface area contributed by atoms with Gasteiger partial charge in [0.2, 0.25) is 5.91 Å². The number of aliphatic hydroxyl groups excluding tert-OH is 1. The van der Waals surface area contributed by atoms with Crippen LogP contribution < -0.4 is 10.6 Å². The molecule has 4 N–H and O–H groups in total. The van der Waals surface area contributed by atoms with E-state index in [2.05, 4.69) is 10.6 Å². The van der Waals surface area contributed by atoms with Crippen molar-refractivity contribution in [2.45, 2.75) is 56.7 Å². The van der Waals surface area contributed by atoms with E-state index in [4.69, 9.17) is 10.2 Å². The molecule has 0 aliphatic carbocycles. The molecule has 0 aromatic rings. The summed E-state index contributed by atoms with van der Waals surface area (Å²) < 4.78 is 0. The van der Waals surface area contributed by atoms with Crippen LogP contribution in [0.2, 0.25) is 0 Å². The van der Waals surface area contributed by atoms with Gasteiger partial charge >= 0.3 is 5.97 Å². The van der Waals surface area contributed by atoms with E-state index in [1.807, 2.05) is 0 Å². The van der Waals surface area contributed by atoms with Gasteiger partial charge in [-0.25, -0.2) is 4.79 Å². The third-order valence-electron chi connectivity index (χ3n) is 4.07. The third-order valence-corrected chi connectivity index (χ3v) is 4.07. The lowest BCUT2D eigenvalue weighted by molar-refractivity contribution is -0.147. The average molecular weight is 270 g/mol. The van der Waals surface area contributed by atoms with Crippen LogP contribution in [0.5, 0.6) is 0 Å². The minimum absolute atomic E-state index is 0.0381. The van der Waals surface area contributed by atoms with E-state index in [0.29, 0.717) is 24.4 Å². The quantitative estimate of drug-likeness (QED) is 0.538. The number of aliphatic carboxylic acids is 1. The van der Waals surface area contributed by atoms with E-state index < -0.39 is 12.1 Å². The minimum Gasteiger partial charge on any atom is -0.479 e. The Kier molecular flexibility index (Phi) is 4.76. The number of carbonyl (C=O) groups is 2. The van der Waals surface area contributed by atoms with Crippen LogP contribution in [0.3, 0.4) is 0 Å². The maximum Gasteiger partial charge on any atom is 0.332 e. The number of carboxylic acids is 1. The standard InChI is InChI=1S/C13H22N2O4/c16-11(13(18)19)3-4-14-12(17)7-8-5-9-1-2-10(6-8)15-9/h8-11,15-16H,1-7H2,(H,14,17)(H,18,19). The zero-order valence-corrected chi connectivity index (χ0v) is 11.0. The molecule has 2 bridgehead atoms. The second kappa shape index (κ2) is 6.34. The number of rotatable bonds is 6. The molecule has 3 atom stereocenters. The predicted molar refractivity (Wildman–Crippen MR) is 68.6 cm³/mol. The van der Waals surface area contributed by atoms with Crippen LogP contribution in [-0.4, -0.2) is 46.8 Å². The van der Waals surface area contributed by atoms with Gasteiger partial charge in [-0.2, -0.15) is 0 Å². The maximum absolute atomic E-state index is 11.7. The Morgan fingerprint density at radius 3 is 2.47 bits per heavy atom. The van der Waals surface area contributed by atoms with Crippen LogP contribution in [0.1, 0.15) is 38.5 Å². The molecule has 108 valence electrons. The molecule has 3 unspecified atom stereocenters. The first-order chi connectivity index (χ1) is 9.04. The number of aliphatic hydroxyl groups is 1. The van der Waals surface area contributed by atoms with Gasteiger partial charge in [0.25, 0.3) is 0 Å². The highest BCUT2D eigenvalue weighted by Gasteiger charge is 2.34. The fourth-order valence-corrected chi connectivity index (χ4v) is 3.15. The largest absolute Gasteiger partial charge is 0.479 e. The number of carbonyl (C=O) groups excluding carboxylic acids is 1. The van der Waals surface area contributed by atoms with Gasteiger partial charge in [0.1, 0.15) is 0 Å². The van der Waals surface area contributed by atoms with Crippen LogP contribution >= 0.6 is 0 Å². The normalized spacial score (nSPS) is 30.9. The Morgan fingerprint density at radius 2 is 1.89 bits per heavy atom. The zero-order chi connectivity index (χ0) is 13.8. The van der Waals surface area contributed by atoms with Crippen molar-refractivity contribution in [1.29, 1.82) is 0 Å². The van der Waals surface area contributed by atoms with Crippen LogP contribution in [0.15, 0.2) is 0 Å². The molecule has 6 nitrogen and oxygen atoms in total. The van der Waals surface area contributed by atoms with Crippen LogP contribution in [-0.2, 0) is 9.59 Å². The second-order valence-corrected chi connectivity index (χ2v) is 5.67. The van der Waals surface area contributed by atoms with Crippen LogP contribution in [0.25, 0.3) is 0 Å². The van der Waals surface area contributed by atoms with Crippen LogP contribution in [0.4, 0.5) is 0 Å². The van der Waals surface area contributed by atoms with Gasteiger partial charge in [-0.1, -0.05) is 0 Å². The Morgan fingerprint density at radius 1 is 1.26 bits per heavy atom. The smallest absolute Gasteiger partial charge is 0.332 e.